The van der Waals surface area contributed by atoms with Crippen molar-refractivity contribution in [2.75, 3.05) is 13.7 Å². The van der Waals surface area contributed by atoms with Crippen LogP contribution < -0.4 is 4.74 Å². The summed E-state index contributed by atoms with van der Waals surface area (Å²) in [4.78, 5) is 12.1. The van der Waals surface area contributed by atoms with E-state index in [4.69, 9.17) is 4.74 Å². The van der Waals surface area contributed by atoms with Gasteiger partial charge < -0.3 is 24.6 Å². The van der Waals surface area contributed by atoms with Gasteiger partial charge in [-0.2, -0.15) is 0 Å². The molecule has 5 rings (SSSR count). The molecule has 2 aliphatic rings. The summed E-state index contributed by atoms with van der Waals surface area (Å²) in [5.74, 6) is 0.259. The number of ether oxygens (including phenoxy) is 1. The highest BCUT2D eigenvalue weighted by atomic mass is 16.5. The fourth-order valence-electron chi connectivity index (χ4n) is 5.28. The van der Waals surface area contributed by atoms with Gasteiger partial charge in [0, 0.05) is 16.5 Å². The molecule has 156 valence electrons. The third-order valence-electron chi connectivity index (χ3n) is 6.68. The molecule has 1 unspecified atom stereocenters. The van der Waals surface area contributed by atoms with Crippen molar-refractivity contribution >= 4 is 16.7 Å². The zero-order chi connectivity index (χ0) is 21.0. The number of aromatic nitrogens is 1. The van der Waals surface area contributed by atoms with Crippen molar-refractivity contribution in [3.05, 3.63) is 47.0 Å². The summed E-state index contributed by atoms with van der Waals surface area (Å²) >= 11 is 0. The molecule has 1 aliphatic carbocycles. The molecule has 2 aromatic carbocycles. The highest BCUT2D eigenvalue weighted by Crippen LogP contribution is 2.54. The number of aliphatic hydroxyl groups is 2. The number of methoxy groups -OCH3 is 1. The number of carbonyl (C=O) groups is 1. The number of phenols is 1. The molecule has 1 aliphatic heterocycles. The summed E-state index contributed by atoms with van der Waals surface area (Å²) in [5.41, 5.74) is 4.47. The van der Waals surface area contributed by atoms with Crippen LogP contribution in [0.5, 0.6) is 11.5 Å². The van der Waals surface area contributed by atoms with E-state index in [1.54, 1.807) is 18.2 Å². The molecular weight excluding hydrogens is 382 g/mol. The van der Waals surface area contributed by atoms with E-state index in [0.717, 1.165) is 35.0 Å². The average Bonchev–Trinajstić information content (AvgIpc) is 3.27. The quantitative estimate of drug-likeness (QED) is 0.567. The molecule has 1 atom stereocenters. The van der Waals surface area contributed by atoms with E-state index >= 15 is 0 Å². The Hall–Kier alpha value is -2.83. The number of rotatable bonds is 4. The van der Waals surface area contributed by atoms with Gasteiger partial charge in [-0.25, -0.2) is 0 Å². The number of aliphatic hydroxyl groups excluding tert-OH is 2. The first-order valence-electron chi connectivity index (χ1n) is 10.5. The molecule has 1 aromatic heterocycles. The first kappa shape index (κ1) is 19.2. The van der Waals surface area contributed by atoms with E-state index in [1.807, 2.05) is 16.7 Å². The van der Waals surface area contributed by atoms with Crippen molar-refractivity contribution < 1.29 is 24.9 Å². The fraction of sp³-hybridized carbons (Fsp3) is 0.375. The van der Waals surface area contributed by atoms with Crippen LogP contribution in [0.15, 0.2) is 30.3 Å². The lowest BCUT2D eigenvalue weighted by molar-refractivity contribution is 0.0903. The monoisotopic (exact) mass is 407 g/mol. The highest BCUT2D eigenvalue weighted by molar-refractivity contribution is 6.03. The molecule has 6 heteroatoms. The Bertz CT molecular complexity index is 1160. The van der Waals surface area contributed by atoms with Crippen LogP contribution in [0.3, 0.4) is 0 Å². The van der Waals surface area contributed by atoms with Gasteiger partial charge in [-0.05, 0) is 42.5 Å². The number of aromatic hydroxyl groups is 1. The van der Waals surface area contributed by atoms with Crippen molar-refractivity contribution in [1.82, 2.24) is 4.57 Å². The van der Waals surface area contributed by atoms with Crippen LogP contribution >= 0.6 is 0 Å². The average molecular weight is 407 g/mol. The standard InChI is InChI=1S/C24H25NO5/c1-30-19-10-9-16-21(23(19)28)24(29)25-17-11-14(18(27)12-26)7-8-15(17)20(22(16)25)13-5-3-2-4-6-13/h7-11,13,24,26,28-29H,2-6,12H2,1H3. The third-order valence-corrected chi connectivity index (χ3v) is 6.68. The van der Waals surface area contributed by atoms with Crippen molar-refractivity contribution in [1.29, 1.82) is 0 Å². The minimum atomic E-state index is -1.08. The van der Waals surface area contributed by atoms with Crippen LogP contribution in [0.2, 0.25) is 0 Å². The molecule has 2 heterocycles. The minimum absolute atomic E-state index is 0.0588. The Balaban J connectivity index is 1.82. The van der Waals surface area contributed by atoms with E-state index < -0.39 is 12.8 Å². The summed E-state index contributed by atoms with van der Waals surface area (Å²) in [6.45, 7) is -0.560. The van der Waals surface area contributed by atoms with Gasteiger partial charge in [-0.1, -0.05) is 31.4 Å². The van der Waals surface area contributed by atoms with Crippen LogP contribution in [0.25, 0.3) is 22.2 Å². The second-order valence-corrected chi connectivity index (χ2v) is 8.23. The molecule has 0 radical (unpaired) electrons. The minimum Gasteiger partial charge on any atom is -0.504 e. The van der Waals surface area contributed by atoms with E-state index in [0.29, 0.717) is 22.8 Å². The molecule has 3 N–H and O–H groups in total. The normalized spacial score (nSPS) is 18.4. The van der Waals surface area contributed by atoms with Gasteiger partial charge in [-0.15, -0.1) is 0 Å². The third kappa shape index (κ3) is 2.60. The maximum atomic E-state index is 12.1. The largest absolute Gasteiger partial charge is 0.504 e. The fourth-order valence-corrected chi connectivity index (χ4v) is 5.28. The predicted octanol–water partition coefficient (Wildman–Crippen LogP) is 4.10. The molecule has 3 aromatic rings. The maximum Gasteiger partial charge on any atom is 0.188 e. The number of carbonyl (C=O) groups excluding carboxylic acids is 1. The lowest BCUT2D eigenvalue weighted by atomic mass is 9.81. The van der Waals surface area contributed by atoms with E-state index in [1.165, 1.54) is 31.9 Å². The van der Waals surface area contributed by atoms with Gasteiger partial charge >= 0.3 is 0 Å². The first-order valence-corrected chi connectivity index (χ1v) is 10.5. The molecule has 1 fully saturated rings. The number of phenolic OH excluding ortho intramolecular Hbond substituents is 1. The van der Waals surface area contributed by atoms with Gasteiger partial charge in [0.2, 0.25) is 0 Å². The van der Waals surface area contributed by atoms with Crippen LogP contribution in [0, 0.1) is 0 Å². The number of nitrogens with zero attached hydrogens (tertiary/aromatic N) is 1. The van der Waals surface area contributed by atoms with E-state index in [9.17, 15) is 20.1 Å². The van der Waals surface area contributed by atoms with Gasteiger partial charge in [0.15, 0.2) is 23.5 Å². The predicted molar refractivity (Wildman–Crippen MR) is 113 cm³/mol. The van der Waals surface area contributed by atoms with Crippen LogP contribution in [-0.4, -0.2) is 39.4 Å². The second-order valence-electron chi connectivity index (χ2n) is 8.23. The van der Waals surface area contributed by atoms with Crippen molar-refractivity contribution in [2.45, 2.75) is 44.2 Å². The molecular formula is C24H25NO5. The molecule has 0 saturated heterocycles. The molecule has 0 spiro atoms. The number of Topliss-reactive ketones (excluding diaryl/α,β-unsaturated/α-hetero) is 1. The second kappa shape index (κ2) is 7.15. The summed E-state index contributed by atoms with van der Waals surface area (Å²) in [6.07, 6.45) is 4.65. The topological polar surface area (TPSA) is 91.9 Å². The number of hydrogen-bond donors (Lipinski definition) is 3. The van der Waals surface area contributed by atoms with Crippen molar-refractivity contribution in [3.8, 4) is 22.8 Å². The maximum absolute atomic E-state index is 12.1. The summed E-state index contributed by atoms with van der Waals surface area (Å²) < 4.78 is 7.07. The van der Waals surface area contributed by atoms with Crippen molar-refractivity contribution in [2.24, 2.45) is 0 Å². The highest BCUT2D eigenvalue weighted by Gasteiger charge is 2.37. The van der Waals surface area contributed by atoms with Crippen LogP contribution in [-0.2, 0) is 0 Å². The summed E-state index contributed by atoms with van der Waals surface area (Å²) in [7, 11) is 1.48. The van der Waals surface area contributed by atoms with Gasteiger partial charge in [0.05, 0.1) is 23.9 Å². The van der Waals surface area contributed by atoms with Crippen LogP contribution in [0.4, 0.5) is 0 Å². The SMILES string of the molecule is COc1ccc2c(c1O)C(O)n1c-2c(C2CCCCC2)c2ccc(C(=O)CO)cc21. The van der Waals surface area contributed by atoms with E-state index in [2.05, 4.69) is 0 Å². The number of benzene rings is 2. The summed E-state index contributed by atoms with van der Waals surface area (Å²) in [5, 5.41) is 32.3. The van der Waals surface area contributed by atoms with Gasteiger partial charge in [-0.3, -0.25) is 4.79 Å². The summed E-state index contributed by atoms with van der Waals surface area (Å²) in [6, 6.07) is 9.04. The zero-order valence-corrected chi connectivity index (χ0v) is 16.9. The number of ketones is 1. The molecule has 30 heavy (non-hydrogen) atoms. The number of hydrogen-bond acceptors (Lipinski definition) is 5. The van der Waals surface area contributed by atoms with Crippen molar-refractivity contribution in [3.63, 3.8) is 0 Å². The lowest BCUT2D eigenvalue weighted by Gasteiger charge is -2.23. The Kier molecular flexibility index (Phi) is 4.56. The Morgan fingerprint density at radius 2 is 1.90 bits per heavy atom. The van der Waals surface area contributed by atoms with Gasteiger partial charge in [0.1, 0.15) is 6.61 Å². The Morgan fingerprint density at radius 3 is 2.60 bits per heavy atom. The van der Waals surface area contributed by atoms with Crippen LogP contribution in [0.1, 0.15) is 65.7 Å². The Labute approximate surface area is 174 Å². The Morgan fingerprint density at radius 1 is 1.13 bits per heavy atom. The molecule has 0 amide bonds. The van der Waals surface area contributed by atoms with E-state index in [-0.39, 0.29) is 11.5 Å². The molecule has 6 nitrogen and oxygen atoms in total. The molecule has 0 bridgehead atoms. The number of fused-ring (bicyclic) bond motifs is 5. The lowest BCUT2D eigenvalue weighted by Crippen LogP contribution is -2.07. The smallest absolute Gasteiger partial charge is 0.188 e. The molecule has 1 saturated carbocycles. The van der Waals surface area contributed by atoms with Gasteiger partial charge in [0.25, 0.3) is 0 Å². The zero-order valence-electron chi connectivity index (χ0n) is 16.9. The first-order chi connectivity index (χ1) is 14.6.